The molecule has 6 nitrogen and oxygen atoms in total. The van der Waals surface area contributed by atoms with Crippen LogP contribution in [0.2, 0.25) is 0 Å². The Balaban J connectivity index is 0.00000245. The van der Waals surface area contributed by atoms with Crippen molar-refractivity contribution >= 4 is 23.3 Å². The maximum atomic E-state index is 12.8. The number of aryl methyl sites for hydroxylation is 1. The minimum absolute atomic E-state index is 0. The molecule has 4 aromatic rings. The van der Waals surface area contributed by atoms with Crippen LogP contribution in [0.25, 0.3) is 28.0 Å². The molecule has 0 saturated heterocycles. The molecule has 0 aliphatic carbocycles. The molecule has 0 amide bonds. The lowest BCUT2D eigenvalue weighted by molar-refractivity contribution is -0.138. The van der Waals surface area contributed by atoms with Gasteiger partial charge in [-0.2, -0.15) is 13.2 Å². The van der Waals surface area contributed by atoms with Crippen molar-refractivity contribution in [1.82, 2.24) is 24.4 Å². The molecule has 0 bridgehead atoms. The molecule has 0 spiro atoms. The summed E-state index contributed by atoms with van der Waals surface area (Å²) in [5, 5.41) is 4.56. The summed E-state index contributed by atoms with van der Waals surface area (Å²) in [5.41, 5.74) is 3.46. The Bertz CT molecular complexity index is 1360. The number of aromatic nitrogens is 4. The molecule has 0 unspecified atom stereocenters. The van der Waals surface area contributed by atoms with Gasteiger partial charge in [-0.25, -0.2) is 9.97 Å². The number of fused-ring (bicyclic) bond motifs is 3. The number of rotatable bonds is 2. The molecule has 0 radical (unpaired) electrons. The number of nitrogens with one attached hydrogen (secondary N) is 1. The Morgan fingerprint density at radius 2 is 1.84 bits per heavy atom. The minimum Gasteiger partial charge on any atom is -0.347 e. The Kier molecular flexibility index (Phi) is 5.56. The van der Waals surface area contributed by atoms with Crippen LogP contribution in [-0.2, 0) is 26.2 Å². The van der Waals surface area contributed by atoms with Crippen molar-refractivity contribution in [2.75, 3.05) is 6.54 Å². The van der Waals surface area contributed by atoms with Gasteiger partial charge in [0.15, 0.2) is 5.82 Å². The highest BCUT2D eigenvalue weighted by molar-refractivity contribution is 5.87. The fraction of sp³-hybridized carbons (Fsp3) is 0.227. The van der Waals surface area contributed by atoms with Gasteiger partial charge in [0.05, 0.1) is 16.8 Å². The van der Waals surface area contributed by atoms with E-state index in [0.717, 1.165) is 30.4 Å². The maximum absolute atomic E-state index is 12.8. The van der Waals surface area contributed by atoms with Crippen LogP contribution in [0, 0.1) is 0 Å². The van der Waals surface area contributed by atoms with E-state index in [1.165, 1.54) is 21.9 Å². The van der Waals surface area contributed by atoms with Crippen molar-refractivity contribution in [3.05, 3.63) is 76.1 Å². The second kappa shape index (κ2) is 8.07. The molecule has 0 fully saturated rings. The Hall–Kier alpha value is -3.17. The number of alkyl halides is 3. The Morgan fingerprint density at radius 3 is 2.53 bits per heavy atom. The summed E-state index contributed by atoms with van der Waals surface area (Å²) in [6.07, 6.45) is -0.531. The zero-order valence-electron chi connectivity index (χ0n) is 17.0. The van der Waals surface area contributed by atoms with Crippen LogP contribution in [0.3, 0.4) is 0 Å². The molecule has 1 aliphatic rings. The zero-order chi connectivity index (χ0) is 21.8. The summed E-state index contributed by atoms with van der Waals surface area (Å²) in [6, 6.07) is 8.84. The van der Waals surface area contributed by atoms with Crippen LogP contribution < -0.4 is 10.9 Å². The van der Waals surface area contributed by atoms with Gasteiger partial charge in [-0.1, -0.05) is 6.07 Å². The van der Waals surface area contributed by atoms with Crippen molar-refractivity contribution in [3.63, 3.8) is 0 Å². The Labute approximate surface area is 187 Å². The van der Waals surface area contributed by atoms with Crippen LogP contribution in [0.15, 0.2) is 53.7 Å². The second-order valence-corrected chi connectivity index (χ2v) is 7.53. The van der Waals surface area contributed by atoms with Gasteiger partial charge in [-0.15, -0.1) is 12.4 Å². The molecular formula is C22H19ClF3N5O. The predicted octanol–water partition coefficient (Wildman–Crippen LogP) is 3.87. The molecule has 5 rings (SSSR count). The van der Waals surface area contributed by atoms with Crippen LogP contribution in [0.1, 0.15) is 16.8 Å². The summed E-state index contributed by atoms with van der Waals surface area (Å²) in [5.74, 6) is 0.0651. The van der Waals surface area contributed by atoms with Crippen molar-refractivity contribution in [1.29, 1.82) is 0 Å². The largest absolute Gasteiger partial charge is 0.419 e. The van der Waals surface area contributed by atoms with Crippen molar-refractivity contribution < 1.29 is 13.2 Å². The van der Waals surface area contributed by atoms with Gasteiger partial charge < -0.3 is 9.88 Å². The monoisotopic (exact) mass is 461 g/mol. The number of nitrogens with zero attached hydrogens (tertiary/aromatic N) is 4. The molecule has 10 heteroatoms. The molecule has 1 aliphatic heterocycles. The average Bonchev–Trinajstić information content (AvgIpc) is 3.05. The first-order valence-corrected chi connectivity index (χ1v) is 9.76. The number of benzene rings is 1. The fourth-order valence-corrected chi connectivity index (χ4v) is 4.10. The third-order valence-electron chi connectivity index (χ3n) is 5.70. The third kappa shape index (κ3) is 3.67. The number of hydrogen-bond acceptors (Lipinski definition) is 4. The molecule has 1 aromatic carbocycles. The molecule has 0 saturated carbocycles. The van der Waals surface area contributed by atoms with E-state index in [9.17, 15) is 18.0 Å². The topological polar surface area (TPSA) is 64.7 Å². The lowest BCUT2D eigenvalue weighted by Crippen LogP contribution is -2.24. The lowest BCUT2D eigenvalue weighted by Gasteiger charge is -2.14. The molecular weight excluding hydrogens is 443 g/mol. The van der Waals surface area contributed by atoms with Gasteiger partial charge in [0, 0.05) is 67.9 Å². The first-order chi connectivity index (χ1) is 14.8. The van der Waals surface area contributed by atoms with Crippen LogP contribution in [0.4, 0.5) is 13.2 Å². The lowest BCUT2D eigenvalue weighted by atomic mass is 10.1. The standard InChI is InChI=1S/C22H18F3N5O.ClH/c1-29-18-4-6-26-12-17(18)16-3-2-15(9-19(16)29)30-7-5-13(8-20(30)31)21-27-10-14(11-28-21)22(23,24)25;/h2-3,5,7-11,26H,4,6,12H2,1H3;1H. The summed E-state index contributed by atoms with van der Waals surface area (Å²) in [6.45, 7) is 1.77. The number of halogens is 4. The van der Waals surface area contributed by atoms with Gasteiger partial charge in [0.25, 0.3) is 5.56 Å². The maximum Gasteiger partial charge on any atom is 0.419 e. The third-order valence-corrected chi connectivity index (χ3v) is 5.70. The second-order valence-electron chi connectivity index (χ2n) is 7.53. The highest BCUT2D eigenvalue weighted by Crippen LogP contribution is 2.30. The van der Waals surface area contributed by atoms with Crippen molar-refractivity contribution in [2.24, 2.45) is 7.05 Å². The number of hydrogen-bond donors (Lipinski definition) is 1. The first-order valence-electron chi connectivity index (χ1n) is 9.76. The highest BCUT2D eigenvalue weighted by Gasteiger charge is 2.31. The quantitative estimate of drug-likeness (QED) is 0.492. The molecule has 4 heterocycles. The van der Waals surface area contributed by atoms with Gasteiger partial charge >= 0.3 is 6.18 Å². The van der Waals surface area contributed by atoms with E-state index in [-0.39, 0.29) is 23.8 Å². The van der Waals surface area contributed by atoms with Crippen LogP contribution >= 0.6 is 12.4 Å². The Morgan fingerprint density at radius 1 is 1.09 bits per heavy atom. The summed E-state index contributed by atoms with van der Waals surface area (Å²) < 4.78 is 41.8. The molecule has 1 N–H and O–H groups in total. The van der Waals surface area contributed by atoms with Gasteiger partial charge in [0.1, 0.15) is 0 Å². The predicted molar refractivity (Wildman–Crippen MR) is 117 cm³/mol. The van der Waals surface area contributed by atoms with E-state index in [1.54, 1.807) is 12.3 Å². The van der Waals surface area contributed by atoms with Crippen LogP contribution in [0.5, 0.6) is 0 Å². The molecule has 0 atom stereocenters. The first kappa shape index (κ1) is 22.0. The summed E-state index contributed by atoms with van der Waals surface area (Å²) in [7, 11) is 2.03. The van der Waals surface area contributed by atoms with E-state index in [1.807, 2.05) is 25.2 Å². The molecule has 166 valence electrons. The summed E-state index contributed by atoms with van der Waals surface area (Å²) in [4.78, 5) is 20.3. The fourth-order valence-electron chi connectivity index (χ4n) is 4.10. The van der Waals surface area contributed by atoms with E-state index >= 15 is 0 Å². The number of pyridine rings is 1. The SMILES string of the molecule is Cl.Cn1c2c(c3ccc(-n4ccc(-c5ncc(C(F)(F)F)cn5)cc4=O)cc31)CNCC2. The summed E-state index contributed by atoms with van der Waals surface area (Å²) >= 11 is 0. The van der Waals surface area contributed by atoms with Crippen molar-refractivity contribution in [3.8, 4) is 17.1 Å². The van der Waals surface area contributed by atoms with Crippen molar-refractivity contribution in [2.45, 2.75) is 19.1 Å². The van der Waals surface area contributed by atoms with Crippen LogP contribution in [-0.4, -0.2) is 25.6 Å². The molecule has 32 heavy (non-hydrogen) atoms. The van der Waals surface area contributed by atoms with E-state index in [4.69, 9.17) is 0 Å². The zero-order valence-corrected chi connectivity index (χ0v) is 17.8. The molecule has 3 aromatic heterocycles. The minimum atomic E-state index is -4.51. The normalized spacial score (nSPS) is 13.6. The van der Waals surface area contributed by atoms with E-state index in [2.05, 4.69) is 19.9 Å². The van der Waals surface area contributed by atoms with E-state index in [0.29, 0.717) is 23.6 Å². The average molecular weight is 462 g/mol. The van der Waals surface area contributed by atoms with Gasteiger partial charge in [-0.3, -0.25) is 9.36 Å². The smallest absolute Gasteiger partial charge is 0.347 e. The van der Waals surface area contributed by atoms with E-state index < -0.39 is 11.7 Å². The van der Waals surface area contributed by atoms with Gasteiger partial charge in [-0.05, 0) is 23.8 Å². The van der Waals surface area contributed by atoms with Gasteiger partial charge in [0.2, 0.25) is 0 Å². The highest BCUT2D eigenvalue weighted by atomic mass is 35.5.